The largest absolute Gasteiger partial charge is 3.00 e. The molecule has 0 bridgehead atoms. The minimum Gasteiger partial charge on any atom is -0.331 e. The predicted molar refractivity (Wildman–Crippen MR) is 211 cm³/mol. The maximum Gasteiger partial charge on any atom is 3.00 e. The fraction of sp³-hybridized carbons (Fsp3) is 0.200. The maximum absolute atomic E-state index is 11.2. The molecule has 0 aliphatic carbocycles. The topological polar surface area (TPSA) is 149 Å². The van der Waals surface area contributed by atoms with Gasteiger partial charge in [0.1, 0.15) is 0 Å². The summed E-state index contributed by atoms with van der Waals surface area (Å²) in [6, 6.07) is 34.9. The fourth-order valence-electron chi connectivity index (χ4n) is 4.28. The first kappa shape index (κ1) is 50.3. The quantitative estimate of drug-likeness (QED) is 0.0867. The van der Waals surface area contributed by atoms with Gasteiger partial charge >= 0.3 is 50.8 Å². The zero-order valence-corrected chi connectivity index (χ0v) is 34.0. The number of piperidine rings is 1. The Bertz CT molecular complexity index is 1510. The molecule has 0 saturated carbocycles. The van der Waals surface area contributed by atoms with Crippen LogP contribution in [-0.2, 0) is 19.2 Å². The summed E-state index contributed by atoms with van der Waals surface area (Å²) in [5.41, 5.74) is 2.20. The molecule has 4 aromatic rings. The Labute approximate surface area is 367 Å². The summed E-state index contributed by atoms with van der Waals surface area (Å²) in [6.07, 6.45) is 8.59. The number of Topliss-reactive ketones (excluding diaryl/α,β-unsaturated/α-hetero) is 8. The van der Waals surface area contributed by atoms with Crippen LogP contribution < -0.4 is 5.32 Å². The van der Waals surface area contributed by atoms with Gasteiger partial charge in [-0.25, -0.2) is 0 Å². The van der Waals surface area contributed by atoms with E-state index in [4.69, 9.17) is 0 Å². The monoisotopic (exact) mass is 883 g/mol. The smallest absolute Gasteiger partial charge is 0.331 e. The molecule has 10 heteroatoms. The van der Waals surface area contributed by atoms with E-state index in [1.54, 1.807) is 97.1 Å². The Morgan fingerprint density at radius 2 is 0.582 bits per heavy atom. The molecular formula is C45H48EuNO8. The number of benzene rings is 4. The van der Waals surface area contributed by atoms with Gasteiger partial charge in [-0.2, -0.15) is 0 Å². The maximum atomic E-state index is 11.2. The number of ketones is 8. The molecule has 5 rings (SSSR count). The van der Waals surface area contributed by atoms with Crippen molar-refractivity contribution in [2.45, 2.75) is 47.0 Å². The second-order valence-corrected chi connectivity index (χ2v) is 11.8. The third-order valence-corrected chi connectivity index (χ3v) is 6.78. The summed E-state index contributed by atoms with van der Waals surface area (Å²) in [7, 11) is 0. The number of hydrogen-bond acceptors (Lipinski definition) is 9. The van der Waals surface area contributed by atoms with E-state index in [0.717, 1.165) is 25.7 Å². The molecule has 1 aliphatic heterocycles. The number of rotatable bonds is 12. The molecule has 1 saturated heterocycles. The Balaban J connectivity index is 0. The average molecular weight is 883 g/mol. The van der Waals surface area contributed by atoms with Crippen LogP contribution in [0.3, 0.4) is 0 Å². The Morgan fingerprint density at radius 3 is 0.709 bits per heavy atom. The van der Waals surface area contributed by atoms with E-state index in [9.17, 15) is 38.4 Å². The first-order chi connectivity index (χ1) is 25.8. The molecule has 0 spiro atoms. The first-order valence-electron chi connectivity index (χ1n) is 17.3. The molecule has 9 nitrogen and oxygen atoms in total. The summed E-state index contributed by atoms with van der Waals surface area (Å²) in [5, 5.41) is 3.28. The molecule has 0 radical (unpaired) electrons. The van der Waals surface area contributed by atoms with Gasteiger partial charge in [-0.1, -0.05) is 79.2 Å². The molecule has 4 aromatic carbocycles. The van der Waals surface area contributed by atoms with Gasteiger partial charge in [-0.05, 0) is 53.6 Å². The summed E-state index contributed by atoms with van der Waals surface area (Å²) in [4.78, 5) is 86.9. The molecule has 0 amide bonds. The van der Waals surface area contributed by atoms with Crippen LogP contribution in [-0.4, -0.2) is 59.4 Å². The van der Waals surface area contributed by atoms with E-state index in [1.165, 1.54) is 60.0 Å². The predicted octanol–water partition coefficient (Wildman–Crippen LogP) is 7.52. The molecule has 1 N–H and O–H groups in total. The van der Waals surface area contributed by atoms with Gasteiger partial charge in [-0.3, -0.25) is 0 Å². The van der Waals surface area contributed by atoms with Gasteiger partial charge in [0.25, 0.3) is 0 Å². The van der Waals surface area contributed by atoms with E-state index < -0.39 is 0 Å². The van der Waals surface area contributed by atoms with Crippen LogP contribution in [0.4, 0.5) is 0 Å². The number of nitrogens with one attached hydrogen (secondary N) is 1. The van der Waals surface area contributed by atoms with Crippen LogP contribution in [0.25, 0.3) is 0 Å². The van der Waals surface area contributed by atoms with Crippen LogP contribution in [0.1, 0.15) is 89.8 Å². The van der Waals surface area contributed by atoms with Gasteiger partial charge in [-0.15, -0.1) is 96.5 Å². The van der Waals surface area contributed by atoms with Crippen molar-refractivity contribution in [3.8, 4) is 0 Å². The van der Waals surface area contributed by atoms with Crippen molar-refractivity contribution in [3.63, 3.8) is 0 Å². The zero-order valence-electron chi connectivity index (χ0n) is 32.5. The number of hydrogen-bond donors (Lipinski definition) is 1. The molecule has 1 aliphatic rings. The van der Waals surface area contributed by atoms with Crippen molar-refractivity contribution in [1.29, 1.82) is 0 Å². The van der Waals surface area contributed by atoms with Crippen LogP contribution in [0, 0.1) is 75.1 Å². The molecule has 1 heterocycles. The molecule has 1 fully saturated rings. The van der Waals surface area contributed by atoms with E-state index in [0.29, 0.717) is 22.3 Å². The number of carbonyl (C=O) groups is 8. The van der Waals surface area contributed by atoms with Gasteiger partial charge in [0, 0.05) is 23.1 Å². The Hall–Kier alpha value is -4.74. The minimum atomic E-state index is -0.233. The molecule has 0 atom stereocenters. The summed E-state index contributed by atoms with van der Waals surface area (Å²) >= 11 is 0. The second-order valence-electron chi connectivity index (χ2n) is 11.8. The van der Waals surface area contributed by atoms with Crippen molar-refractivity contribution < 1.29 is 89.2 Å². The van der Waals surface area contributed by atoms with Crippen molar-refractivity contribution in [2.75, 3.05) is 13.1 Å². The third-order valence-electron chi connectivity index (χ3n) is 6.78. The molecule has 0 unspecified atom stereocenters. The normalized spacial score (nSPS) is 10.5. The van der Waals surface area contributed by atoms with Gasteiger partial charge in [0.2, 0.25) is 0 Å². The van der Waals surface area contributed by atoms with Gasteiger partial charge in [0.15, 0.2) is 0 Å². The minimum absolute atomic E-state index is 0. The van der Waals surface area contributed by atoms with Gasteiger partial charge in [0.05, 0.1) is 23.1 Å². The van der Waals surface area contributed by atoms with Crippen molar-refractivity contribution in [2.24, 2.45) is 0 Å². The van der Waals surface area contributed by atoms with E-state index in [1.807, 2.05) is 24.3 Å². The summed E-state index contributed by atoms with van der Waals surface area (Å²) in [6.45, 7) is 7.95. The Morgan fingerprint density at radius 1 is 0.382 bits per heavy atom. The van der Waals surface area contributed by atoms with Crippen LogP contribution in [0.2, 0.25) is 0 Å². The third kappa shape index (κ3) is 25.8. The van der Waals surface area contributed by atoms with E-state index >= 15 is 0 Å². The van der Waals surface area contributed by atoms with Crippen LogP contribution >= 0.6 is 0 Å². The summed E-state index contributed by atoms with van der Waals surface area (Å²) < 4.78 is 0. The van der Waals surface area contributed by atoms with Crippen LogP contribution in [0.5, 0.6) is 0 Å². The van der Waals surface area contributed by atoms with Crippen molar-refractivity contribution >= 4 is 46.3 Å². The van der Waals surface area contributed by atoms with E-state index in [-0.39, 0.29) is 97.1 Å². The SMILES string of the molecule is C1CCNCC1.CC(=O)[CH-]C(=O)c1ccccc1.CC(=O)[CH-]C(=O)c1ccccc1.CC(=O)[CH-]C(=O)c1ccccc1.CC(=O)[CH-]C(=O)c1ccccc1.[Eu+3].[H+]. The van der Waals surface area contributed by atoms with Crippen molar-refractivity contribution in [3.05, 3.63) is 169 Å². The summed E-state index contributed by atoms with van der Waals surface area (Å²) in [5.74, 6) is -1.81. The fourth-order valence-corrected chi connectivity index (χ4v) is 4.28. The molecule has 0 aromatic heterocycles. The second kappa shape index (κ2) is 30.6. The van der Waals surface area contributed by atoms with Crippen LogP contribution in [0.15, 0.2) is 121 Å². The molecule has 288 valence electrons. The zero-order chi connectivity index (χ0) is 40.1. The first-order valence-corrected chi connectivity index (χ1v) is 17.3. The standard InChI is InChI=1S/4C10H9O2.C5H11N.Eu/c4*1-8(11)7-10(12)9-5-3-2-4-6-9;1-2-4-6-5-3-1;/h4*2-7H,1H3;6H,1-5H2;/q4*-1;;+3/p+1. The average Bonchev–Trinajstić information content (AvgIpc) is 3.17. The number of carbonyl (C=O) groups excluding carboxylic acids is 8. The molecular weight excluding hydrogens is 834 g/mol. The van der Waals surface area contributed by atoms with Crippen molar-refractivity contribution in [1.82, 2.24) is 5.32 Å². The Kier molecular flexibility index (Phi) is 27.9. The molecule has 55 heavy (non-hydrogen) atoms. The van der Waals surface area contributed by atoms with Gasteiger partial charge < -0.3 is 43.7 Å². The van der Waals surface area contributed by atoms with E-state index in [2.05, 4.69) is 5.32 Å².